The summed E-state index contributed by atoms with van der Waals surface area (Å²) >= 11 is 0. The Labute approximate surface area is 171 Å². The Morgan fingerprint density at radius 2 is 2.00 bits per heavy atom. The monoisotopic (exact) mass is 417 g/mol. The lowest BCUT2D eigenvalue weighted by Gasteiger charge is -2.23. The molecule has 156 valence electrons. The number of carbonyl (C=O) groups is 1. The number of rotatable bonds is 4. The molecule has 1 aromatic carbocycles. The van der Waals surface area contributed by atoms with Crippen LogP contribution >= 0.6 is 0 Å². The Bertz CT molecular complexity index is 947. The van der Waals surface area contributed by atoms with Crippen molar-refractivity contribution in [3.05, 3.63) is 39.4 Å². The van der Waals surface area contributed by atoms with E-state index in [1.54, 1.807) is 7.11 Å². The lowest BCUT2D eigenvalue weighted by Crippen LogP contribution is -2.30. The first-order chi connectivity index (χ1) is 14.1. The quantitative estimate of drug-likeness (QED) is 0.731. The van der Waals surface area contributed by atoms with Crippen LogP contribution in [0, 0.1) is 0 Å². The lowest BCUT2D eigenvalue weighted by atomic mass is 9.99. The molecule has 0 saturated heterocycles. The second-order valence-corrected chi connectivity index (χ2v) is 8.47. The van der Waals surface area contributed by atoms with E-state index < -0.39 is 16.6 Å². The van der Waals surface area contributed by atoms with Gasteiger partial charge in [-0.15, -0.1) is 10.6 Å². The SMILES string of the molecule is CO[C@H]1CN=C(/C(=C\N)[S-](=O)=NC(=O)Nc2c3c(cc4c2CCC4)CCC3)OC1. The number of hydrogen-bond donors (Lipinski definition) is 2. The predicted molar refractivity (Wildman–Crippen MR) is 111 cm³/mol. The zero-order valence-corrected chi connectivity index (χ0v) is 17.2. The first kappa shape index (κ1) is 19.9. The van der Waals surface area contributed by atoms with Gasteiger partial charge in [-0.25, -0.2) is 4.79 Å². The van der Waals surface area contributed by atoms with Gasteiger partial charge in [0.25, 0.3) is 0 Å². The summed E-state index contributed by atoms with van der Waals surface area (Å²) in [6.07, 6.45) is 7.10. The molecule has 9 heteroatoms. The Hall–Kier alpha value is -2.39. The van der Waals surface area contributed by atoms with Crippen LogP contribution in [0.2, 0.25) is 0 Å². The molecule has 1 atom stereocenters. The van der Waals surface area contributed by atoms with E-state index >= 15 is 0 Å². The normalized spacial score (nSPS) is 21.9. The number of hydrogen-bond acceptors (Lipinski definition) is 7. The van der Waals surface area contributed by atoms with E-state index in [9.17, 15) is 9.00 Å². The number of fused-ring (bicyclic) bond motifs is 2. The number of anilines is 1. The molecule has 0 fully saturated rings. The van der Waals surface area contributed by atoms with Crippen molar-refractivity contribution in [3.8, 4) is 0 Å². The molecular formula is C20H25N4O4S-. The van der Waals surface area contributed by atoms with Gasteiger partial charge in [-0.3, -0.25) is 4.99 Å². The molecule has 3 N–H and O–H groups in total. The van der Waals surface area contributed by atoms with Gasteiger partial charge in [-0.05, 0) is 71.9 Å². The van der Waals surface area contributed by atoms with Crippen molar-refractivity contribution in [1.29, 1.82) is 0 Å². The van der Waals surface area contributed by atoms with E-state index in [0.717, 1.165) is 50.4 Å². The van der Waals surface area contributed by atoms with E-state index in [2.05, 4.69) is 20.7 Å². The maximum absolute atomic E-state index is 12.6. The zero-order chi connectivity index (χ0) is 20.4. The van der Waals surface area contributed by atoms with Crippen molar-refractivity contribution in [3.63, 3.8) is 0 Å². The summed E-state index contributed by atoms with van der Waals surface area (Å²) in [7, 11) is -0.444. The number of methoxy groups -OCH3 is 1. The van der Waals surface area contributed by atoms with Gasteiger partial charge in [0.1, 0.15) is 12.7 Å². The van der Waals surface area contributed by atoms with Gasteiger partial charge in [-0.2, -0.15) is 0 Å². The average Bonchev–Trinajstić information content (AvgIpc) is 3.38. The number of aryl methyl sites for hydroxylation is 2. The number of benzene rings is 1. The molecule has 2 amide bonds. The fraction of sp³-hybridized carbons (Fsp3) is 0.500. The molecule has 4 rings (SSSR count). The third kappa shape index (κ3) is 4.02. The maximum Gasteiger partial charge on any atom is 0.322 e. The van der Waals surface area contributed by atoms with Crippen molar-refractivity contribution in [2.75, 3.05) is 25.6 Å². The Balaban J connectivity index is 1.55. The third-order valence-electron chi connectivity index (χ3n) is 5.60. The highest BCUT2D eigenvalue weighted by atomic mass is 32.2. The summed E-state index contributed by atoms with van der Waals surface area (Å²) in [4.78, 5) is 16.9. The summed E-state index contributed by atoms with van der Waals surface area (Å²) in [5.74, 6) is 0.136. The first-order valence-electron chi connectivity index (χ1n) is 9.84. The van der Waals surface area contributed by atoms with Crippen molar-refractivity contribution in [2.45, 2.75) is 44.6 Å². The maximum atomic E-state index is 12.6. The highest BCUT2D eigenvalue weighted by molar-refractivity contribution is 7.80. The summed E-state index contributed by atoms with van der Waals surface area (Å²) in [5.41, 5.74) is 11.5. The molecule has 29 heavy (non-hydrogen) atoms. The first-order valence-corrected chi connectivity index (χ1v) is 10.9. The number of nitrogens with zero attached hydrogens (tertiary/aromatic N) is 2. The molecule has 0 spiro atoms. The Morgan fingerprint density at radius 1 is 1.31 bits per heavy atom. The fourth-order valence-corrected chi connectivity index (χ4v) is 4.86. The number of nitrogens with one attached hydrogen (secondary N) is 1. The van der Waals surface area contributed by atoms with Crippen molar-refractivity contribution >= 4 is 28.2 Å². The van der Waals surface area contributed by atoms with Gasteiger partial charge >= 0.3 is 6.03 Å². The lowest BCUT2D eigenvalue weighted by molar-refractivity contribution is 0.0508. The van der Waals surface area contributed by atoms with Crippen molar-refractivity contribution in [1.82, 2.24) is 0 Å². The van der Waals surface area contributed by atoms with Gasteiger partial charge in [-0.1, -0.05) is 6.07 Å². The van der Waals surface area contributed by atoms with E-state index in [1.165, 1.54) is 22.3 Å². The number of ether oxygens (including phenoxy) is 2. The minimum absolute atomic E-state index is 0.0817. The number of amides is 2. The highest BCUT2D eigenvalue weighted by Gasteiger charge is 2.24. The standard InChI is InChI=1S/C20H25N4O4S/c1-27-14-10-22-19(28-11-14)17(9-21)29(26)24-20(25)23-18-15-6-2-4-12(15)8-13-5-3-7-16(13)18/h8-9,14H,2-7,10-11,21H2,1H3,(H,23,25)/q-1/b17-9+/t14-/m0/s1. The van der Waals surface area contributed by atoms with Crippen LogP contribution in [0.5, 0.6) is 0 Å². The number of urea groups is 1. The van der Waals surface area contributed by atoms with Crippen LogP contribution < -0.4 is 11.1 Å². The average molecular weight is 418 g/mol. The summed E-state index contributed by atoms with van der Waals surface area (Å²) in [5, 5.41) is 2.90. The van der Waals surface area contributed by atoms with Crippen LogP contribution in [0.15, 0.2) is 26.5 Å². The summed E-state index contributed by atoms with van der Waals surface area (Å²) < 4.78 is 27.1. The molecule has 3 aliphatic rings. The van der Waals surface area contributed by atoms with E-state index in [1.807, 2.05) is 0 Å². The molecule has 2 aliphatic carbocycles. The Morgan fingerprint density at radius 3 is 2.55 bits per heavy atom. The molecule has 1 heterocycles. The molecular weight excluding hydrogens is 392 g/mol. The Kier molecular flexibility index (Phi) is 5.86. The van der Waals surface area contributed by atoms with Gasteiger partial charge in [0.05, 0.1) is 6.54 Å². The number of carbonyl (C=O) groups excluding carboxylic acids is 1. The van der Waals surface area contributed by atoms with Gasteiger partial charge < -0.3 is 29.1 Å². The predicted octanol–water partition coefficient (Wildman–Crippen LogP) is 2.59. The van der Waals surface area contributed by atoms with Crippen LogP contribution in [0.1, 0.15) is 35.1 Å². The van der Waals surface area contributed by atoms with Gasteiger partial charge in [0, 0.05) is 12.8 Å². The van der Waals surface area contributed by atoms with Gasteiger partial charge in [0.15, 0.2) is 5.90 Å². The summed E-state index contributed by atoms with van der Waals surface area (Å²) in [6.45, 7) is 0.646. The second kappa shape index (κ2) is 8.54. The smallest absolute Gasteiger partial charge is 0.322 e. The second-order valence-electron chi connectivity index (χ2n) is 7.35. The molecule has 1 aliphatic heterocycles. The topological polar surface area (TPSA) is 115 Å². The number of aliphatic imine (C=N–C) groups is 1. The van der Waals surface area contributed by atoms with Crippen molar-refractivity contribution in [2.24, 2.45) is 15.1 Å². The third-order valence-corrected chi connectivity index (χ3v) is 6.62. The van der Waals surface area contributed by atoms with Crippen LogP contribution in [-0.4, -0.2) is 38.3 Å². The van der Waals surface area contributed by atoms with Crippen LogP contribution in [0.4, 0.5) is 10.5 Å². The highest BCUT2D eigenvalue weighted by Crippen LogP contribution is 2.38. The molecule has 8 nitrogen and oxygen atoms in total. The van der Waals surface area contributed by atoms with E-state index in [-0.39, 0.29) is 23.5 Å². The molecule has 0 unspecified atom stereocenters. The van der Waals surface area contributed by atoms with Crippen LogP contribution in [0.3, 0.4) is 0 Å². The fourth-order valence-electron chi connectivity index (χ4n) is 4.17. The minimum atomic E-state index is -2.02. The molecule has 0 bridgehead atoms. The molecule has 0 radical (unpaired) electrons. The van der Waals surface area contributed by atoms with Gasteiger partial charge in [0.2, 0.25) is 0 Å². The van der Waals surface area contributed by atoms with E-state index in [4.69, 9.17) is 15.2 Å². The van der Waals surface area contributed by atoms with E-state index in [0.29, 0.717) is 6.54 Å². The molecule has 1 aromatic rings. The minimum Gasteiger partial charge on any atom is -0.476 e. The summed E-state index contributed by atoms with van der Waals surface area (Å²) in [6, 6.07) is 1.64. The van der Waals surface area contributed by atoms with Crippen LogP contribution in [0.25, 0.3) is 0 Å². The largest absolute Gasteiger partial charge is 0.476 e. The van der Waals surface area contributed by atoms with Crippen molar-refractivity contribution < 1.29 is 18.5 Å². The number of nitrogens with two attached hydrogens (primary N) is 1. The van der Waals surface area contributed by atoms with Crippen LogP contribution in [-0.2, 0) is 50.0 Å². The zero-order valence-electron chi connectivity index (χ0n) is 16.4. The molecule has 0 saturated carbocycles. The molecule has 0 aromatic heterocycles.